The molecule has 3 aromatic heterocycles. The molecular formula is C24H23N7O2. The fraction of sp³-hybridized carbons (Fsp3) is 0.292. The first kappa shape index (κ1) is 20.7. The van der Waals surface area contributed by atoms with E-state index in [9.17, 15) is 4.79 Å². The molecule has 0 amide bonds. The molecule has 0 aliphatic heterocycles. The molecule has 1 fully saturated rings. The molecule has 33 heavy (non-hydrogen) atoms. The van der Waals surface area contributed by atoms with Crippen molar-refractivity contribution >= 4 is 22.4 Å². The Labute approximate surface area is 190 Å². The van der Waals surface area contributed by atoms with Crippen molar-refractivity contribution in [2.24, 2.45) is 0 Å². The van der Waals surface area contributed by atoms with Gasteiger partial charge in [-0.3, -0.25) is 4.79 Å². The molecule has 0 spiro atoms. The summed E-state index contributed by atoms with van der Waals surface area (Å²) < 4.78 is 7.01. The number of nitrogens with two attached hydrogens (primary N) is 1. The largest absolute Gasteiger partial charge is 0.383 e. The summed E-state index contributed by atoms with van der Waals surface area (Å²) in [6.07, 6.45) is 3.33. The molecule has 0 saturated heterocycles. The third-order valence-corrected chi connectivity index (χ3v) is 5.71. The van der Waals surface area contributed by atoms with Gasteiger partial charge in [-0.05, 0) is 44.2 Å². The maximum absolute atomic E-state index is 13.6. The van der Waals surface area contributed by atoms with Gasteiger partial charge in [-0.25, -0.2) is 9.97 Å². The van der Waals surface area contributed by atoms with Crippen LogP contribution in [0.3, 0.4) is 0 Å². The molecule has 0 bridgehead atoms. The van der Waals surface area contributed by atoms with Gasteiger partial charge in [0.15, 0.2) is 0 Å². The standard InChI is InChI=1S/C24H23N7O2/c1-4-6-15-7-5-8-16-11-18(31(17-9-10-17)24(32)19(15)16)13(2)28-22-20(21(25)26-12-27-22)23-29-14(3)33-30-23/h5,7-8,11-13,17H,9-10H2,1-3H3,(H3,25,26,27,28)/t13-/m0/s1. The minimum absolute atomic E-state index is 0.0202. The fourth-order valence-corrected chi connectivity index (χ4v) is 4.09. The first-order valence-electron chi connectivity index (χ1n) is 10.8. The zero-order valence-electron chi connectivity index (χ0n) is 18.6. The van der Waals surface area contributed by atoms with E-state index in [4.69, 9.17) is 10.3 Å². The highest BCUT2D eigenvalue weighted by Gasteiger charge is 2.30. The van der Waals surface area contributed by atoms with Crippen LogP contribution in [0.5, 0.6) is 0 Å². The van der Waals surface area contributed by atoms with Crippen LogP contribution in [-0.4, -0.2) is 24.7 Å². The normalized spacial score (nSPS) is 14.0. The Hall–Kier alpha value is -4.19. The first-order valence-corrected chi connectivity index (χ1v) is 10.8. The molecule has 0 unspecified atom stereocenters. The molecule has 9 heteroatoms. The minimum atomic E-state index is -0.260. The monoisotopic (exact) mass is 441 g/mol. The molecule has 1 aliphatic rings. The average molecular weight is 441 g/mol. The molecule has 0 radical (unpaired) electrons. The van der Waals surface area contributed by atoms with Crippen LogP contribution in [0.15, 0.2) is 39.9 Å². The number of anilines is 2. The highest BCUT2D eigenvalue weighted by molar-refractivity contribution is 5.88. The van der Waals surface area contributed by atoms with Gasteiger partial charge in [0.2, 0.25) is 11.7 Å². The van der Waals surface area contributed by atoms with E-state index in [0.29, 0.717) is 28.5 Å². The number of benzene rings is 1. The number of fused-ring (bicyclic) bond motifs is 1. The van der Waals surface area contributed by atoms with Gasteiger partial charge in [0.1, 0.15) is 23.5 Å². The van der Waals surface area contributed by atoms with Crippen molar-refractivity contribution < 1.29 is 4.52 Å². The second kappa shape index (κ2) is 8.06. The number of aromatic nitrogens is 5. The molecule has 3 N–H and O–H groups in total. The topological polar surface area (TPSA) is 125 Å². The summed E-state index contributed by atoms with van der Waals surface area (Å²) in [4.78, 5) is 26.3. The summed E-state index contributed by atoms with van der Waals surface area (Å²) in [6, 6.07) is 7.73. The van der Waals surface area contributed by atoms with Crippen LogP contribution in [0, 0.1) is 18.8 Å². The molecule has 5 rings (SSSR count). The van der Waals surface area contributed by atoms with E-state index < -0.39 is 0 Å². The van der Waals surface area contributed by atoms with E-state index >= 15 is 0 Å². The summed E-state index contributed by atoms with van der Waals surface area (Å²) in [6.45, 7) is 5.46. The zero-order chi connectivity index (χ0) is 23.1. The van der Waals surface area contributed by atoms with E-state index in [1.165, 1.54) is 6.33 Å². The van der Waals surface area contributed by atoms with Gasteiger partial charge in [0, 0.05) is 24.2 Å². The van der Waals surface area contributed by atoms with E-state index in [1.807, 2.05) is 29.7 Å². The Bertz CT molecular complexity index is 1490. The van der Waals surface area contributed by atoms with Crippen molar-refractivity contribution in [1.82, 2.24) is 24.7 Å². The second-order valence-electron chi connectivity index (χ2n) is 8.11. The quantitative estimate of drug-likeness (QED) is 0.450. The Morgan fingerprint density at radius 1 is 1.30 bits per heavy atom. The highest BCUT2D eigenvalue weighted by atomic mass is 16.5. The third-order valence-electron chi connectivity index (χ3n) is 5.71. The lowest BCUT2D eigenvalue weighted by Gasteiger charge is -2.22. The summed E-state index contributed by atoms with van der Waals surface area (Å²) in [5.41, 5.74) is 8.18. The second-order valence-corrected chi connectivity index (χ2v) is 8.11. The van der Waals surface area contributed by atoms with Gasteiger partial charge >= 0.3 is 0 Å². The summed E-state index contributed by atoms with van der Waals surface area (Å²) in [7, 11) is 0. The van der Waals surface area contributed by atoms with Crippen molar-refractivity contribution in [2.75, 3.05) is 11.1 Å². The lowest BCUT2D eigenvalue weighted by molar-refractivity contribution is 0.394. The molecule has 1 saturated carbocycles. The first-order chi connectivity index (χ1) is 16.0. The average Bonchev–Trinajstić information content (AvgIpc) is 3.54. The van der Waals surface area contributed by atoms with Crippen LogP contribution in [0.25, 0.3) is 22.2 Å². The molecule has 9 nitrogen and oxygen atoms in total. The summed E-state index contributed by atoms with van der Waals surface area (Å²) in [5.74, 6) is 7.40. The Morgan fingerprint density at radius 3 is 2.82 bits per heavy atom. The van der Waals surface area contributed by atoms with Crippen molar-refractivity contribution in [1.29, 1.82) is 0 Å². The van der Waals surface area contributed by atoms with Crippen LogP contribution in [0.2, 0.25) is 0 Å². The van der Waals surface area contributed by atoms with E-state index in [1.54, 1.807) is 13.8 Å². The van der Waals surface area contributed by atoms with Gasteiger partial charge in [-0.1, -0.05) is 23.2 Å². The number of rotatable bonds is 5. The van der Waals surface area contributed by atoms with Crippen LogP contribution < -0.4 is 16.6 Å². The van der Waals surface area contributed by atoms with Crippen LogP contribution in [-0.2, 0) is 0 Å². The van der Waals surface area contributed by atoms with Crippen molar-refractivity contribution in [3.05, 3.63) is 58.1 Å². The number of nitrogens with one attached hydrogen (secondary N) is 1. The summed E-state index contributed by atoms with van der Waals surface area (Å²) in [5, 5.41) is 8.88. The predicted molar refractivity (Wildman–Crippen MR) is 126 cm³/mol. The number of hydrogen-bond acceptors (Lipinski definition) is 8. The lowest BCUT2D eigenvalue weighted by atomic mass is 10.0. The molecule has 1 aromatic carbocycles. The summed E-state index contributed by atoms with van der Waals surface area (Å²) >= 11 is 0. The molecular weight excluding hydrogens is 418 g/mol. The van der Waals surface area contributed by atoms with Gasteiger partial charge in [0.05, 0.1) is 11.4 Å². The molecule has 4 aromatic rings. The Morgan fingerprint density at radius 2 is 2.12 bits per heavy atom. The Kier molecular flexibility index (Phi) is 5.05. The van der Waals surface area contributed by atoms with Crippen LogP contribution >= 0.6 is 0 Å². The number of nitrogen functional groups attached to an aromatic ring is 1. The molecule has 1 atom stereocenters. The van der Waals surface area contributed by atoms with Gasteiger partial charge in [-0.15, -0.1) is 5.92 Å². The maximum Gasteiger partial charge on any atom is 0.260 e. The van der Waals surface area contributed by atoms with Crippen LogP contribution in [0.4, 0.5) is 11.6 Å². The zero-order valence-corrected chi connectivity index (χ0v) is 18.6. The van der Waals surface area contributed by atoms with Gasteiger partial charge in [0.25, 0.3) is 5.56 Å². The van der Waals surface area contributed by atoms with E-state index in [2.05, 4.69) is 43.3 Å². The number of aryl methyl sites for hydroxylation is 1. The number of pyridine rings is 1. The molecule has 1 aliphatic carbocycles. The van der Waals surface area contributed by atoms with Crippen molar-refractivity contribution in [2.45, 2.75) is 45.7 Å². The number of nitrogens with zero attached hydrogens (tertiary/aromatic N) is 5. The van der Waals surface area contributed by atoms with Crippen molar-refractivity contribution in [3.63, 3.8) is 0 Å². The molecule has 166 valence electrons. The lowest BCUT2D eigenvalue weighted by Crippen LogP contribution is -2.27. The molecule has 3 heterocycles. The van der Waals surface area contributed by atoms with Crippen LogP contribution in [0.1, 0.15) is 55.9 Å². The van der Waals surface area contributed by atoms with E-state index in [-0.39, 0.29) is 23.5 Å². The maximum atomic E-state index is 13.6. The minimum Gasteiger partial charge on any atom is -0.383 e. The van der Waals surface area contributed by atoms with Gasteiger partial charge in [-0.2, -0.15) is 4.98 Å². The van der Waals surface area contributed by atoms with Gasteiger partial charge < -0.3 is 20.1 Å². The van der Waals surface area contributed by atoms with E-state index in [0.717, 1.165) is 29.5 Å². The Balaban J connectivity index is 1.63. The highest BCUT2D eigenvalue weighted by Crippen LogP contribution is 2.38. The predicted octanol–water partition coefficient (Wildman–Crippen LogP) is 3.61. The van der Waals surface area contributed by atoms with Crippen molar-refractivity contribution in [3.8, 4) is 23.2 Å². The smallest absolute Gasteiger partial charge is 0.260 e. The fourth-order valence-electron chi connectivity index (χ4n) is 4.09. The third kappa shape index (κ3) is 3.69. The number of hydrogen-bond donors (Lipinski definition) is 2. The SMILES string of the molecule is CC#Cc1cccc2cc([C@H](C)Nc3ncnc(N)c3-c3noc(C)n3)n(C3CC3)c(=O)c12.